The Kier molecular flexibility index (Phi) is 1.67. The Morgan fingerprint density at radius 2 is 2.00 bits per heavy atom. The molecule has 2 fully saturated rings. The van der Waals surface area contributed by atoms with Crippen molar-refractivity contribution in [2.24, 2.45) is 17.8 Å². The normalized spacial score (nSPS) is 40.9. The molecule has 0 spiro atoms. The number of hydrogen-bond acceptors (Lipinski definition) is 3. The first-order valence-corrected chi connectivity index (χ1v) is 4.45. The van der Waals surface area contributed by atoms with Crippen molar-refractivity contribution in [2.75, 3.05) is 0 Å². The smallest absolute Gasteiger partial charge is 0.317 e. The highest BCUT2D eigenvalue weighted by atomic mass is 16.6. The van der Waals surface area contributed by atoms with Gasteiger partial charge >= 0.3 is 11.9 Å². The third-order valence-corrected chi connectivity index (χ3v) is 3.00. The predicted molar refractivity (Wildman–Crippen MR) is 41.1 cm³/mol. The first-order chi connectivity index (χ1) is 5.70. The quantitative estimate of drug-likeness (QED) is 0.402. The number of fused-ring (bicyclic) bond motifs is 1. The van der Waals surface area contributed by atoms with E-state index in [0.717, 1.165) is 19.3 Å². The van der Waals surface area contributed by atoms with Crippen LogP contribution in [0.25, 0.3) is 0 Å². The van der Waals surface area contributed by atoms with Crippen molar-refractivity contribution >= 4 is 11.9 Å². The minimum absolute atomic E-state index is 0.124. The van der Waals surface area contributed by atoms with Gasteiger partial charge in [-0.15, -0.1) is 0 Å². The van der Waals surface area contributed by atoms with E-state index >= 15 is 0 Å². The van der Waals surface area contributed by atoms with E-state index in [-0.39, 0.29) is 23.8 Å². The van der Waals surface area contributed by atoms with Gasteiger partial charge in [0, 0.05) is 0 Å². The second-order valence-electron chi connectivity index (χ2n) is 3.78. The Bertz CT molecular complexity index is 234. The van der Waals surface area contributed by atoms with Gasteiger partial charge in [-0.25, -0.2) is 0 Å². The maximum Gasteiger partial charge on any atom is 0.317 e. The number of ether oxygens (including phenoxy) is 1. The number of carbonyl (C=O) groups excluding carboxylic acids is 2. The number of carbonyl (C=O) groups is 2. The molecule has 1 aliphatic carbocycles. The molecule has 2 aliphatic rings. The fourth-order valence-electron chi connectivity index (χ4n) is 2.32. The highest BCUT2D eigenvalue weighted by Crippen LogP contribution is 2.40. The molecule has 0 aromatic heterocycles. The van der Waals surface area contributed by atoms with E-state index in [4.69, 9.17) is 0 Å². The van der Waals surface area contributed by atoms with Gasteiger partial charge in [0.25, 0.3) is 0 Å². The zero-order chi connectivity index (χ0) is 8.72. The van der Waals surface area contributed by atoms with Crippen LogP contribution in [-0.4, -0.2) is 11.9 Å². The van der Waals surface area contributed by atoms with Gasteiger partial charge in [-0.05, 0) is 18.8 Å². The van der Waals surface area contributed by atoms with E-state index in [2.05, 4.69) is 4.74 Å². The highest BCUT2D eigenvalue weighted by molar-refractivity contribution is 5.96. The topological polar surface area (TPSA) is 43.4 Å². The second kappa shape index (κ2) is 2.57. The second-order valence-corrected chi connectivity index (χ2v) is 3.78. The SMILES string of the molecule is C[C@@H]1CCC[C@@H]2C(=O)OC(=O)[C@H]12. The van der Waals surface area contributed by atoms with Gasteiger partial charge < -0.3 is 4.74 Å². The van der Waals surface area contributed by atoms with Crippen LogP contribution < -0.4 is 0 Å². The molecule has 1 aliphatic heterocycles. The van der Waals surface area contributed by atoms with E-state index in [0.29, 0.717) is 5.92 Å². The first kappa shape index (κ1) is 7.77. The summed E-state index contributed by atoms with van der Waals surface area (Å²) in [5, 5.41) is 0. The van der Waals surface area contributed by atoms with Gasteiger partial charge in [0.05, 0.1) is 11.8 Å². The van der Waals surface area contributed by atoms with E-state index < -0.39 is 0 Å². The lowest BCUT2D eigenvalue weighted by atomic mass is 9.74. The zero-order valence-electron chi connectivity index (χ0n) is 7.08. The Balaban J connectivity index is 2.24. The van der Waals surface area contributed by atoms with Crippen molar-refractivity contribution < 1.29 is 14.3 Å². The van der Waals surface area contributed by atoms with E-state index in [1.807, 2.05) is 6.92 Å². The lowest BCUT2D eigenvalue weighted by molar-refractivity contribution is -0.154. The van der Waals surface area contributed by atoms with Gasteiger partial charge in [0.15, 0.2) is 0 Å². The minimum Gasteiger partial charge on any atom is -0.393 e. The molecule has 12 heavy (non-hydrogen) atoms. The fourth-order valence-corrected chi connectivity index (χ4v) is 2.32. The van der Waals surface area contributed by atoms with Crippen LogP contribution >= 0.6 is 0 Å². The Morgan fingerprint density at radius 3 is 2.67 bits per heavy atom. The average Bonchev–Trinajstić information content (AvgIpc) is 2.29. The molecule has 3 atom stereocenters. The van der Waals surface area contributed by atoms with Crippen LogP contribution in [0.3, 0.4) is 0 Å². The Labute approximate surface area is 71.1 Å². The van der Waals surface area contributed by atoms with Gasteiger partial charge in [-0.1, -0.05) is 13.3 Å². The molecule has 3 heteroatoms. The standard InChI is InChI=1S/C9H12O3/c1-5-3-2-4-6-7(5)9(11)12-8(6)10/h5-7H,2-4H2,1H3/t5-,6+,7-/m1/s1. The summed E-state index contributed by atoms with van der Waals surface area (Å²) in [5.41, 5.74) is 0. The Morgan fingerprint density at radius 1 is 1.25 bits per heavy atom. The molecule has 0 bridgehead atoms. The van der Waals surface area contributed by atoms with Crippen LogP contribution in [0.2, 0.25) is 0 Å². The van der Waals surface area contributed by atoms with Crippen molar-refractivity contribution in [3.05, 3.63) is 0 Å². The van der Waals surface area contributed by atoms with Gasteiger partial charge in [-0.2, -0.15) is 0 Å². The number of cyclic esters (lactones) is 2. The molecule has 0 aromatic carbocycles. The fraction of sp³-hybridized carbons (Fsp3) is 0.778. The van der Waals surface area contributed by atoms with Crippen molar-refractivity contribution in [3.8, 4) is 0 Å². The first-order valence-electron chi connectivity index (χ1n) is 4.45. The van der Waals surface area contributed by atoms with Crippen LogP contribution in [0, 0.1) is 17.8 Å². The van der Waals surface area contributed by atoms with Crippen molar-refractivity contribution in [1.29, 1.82) is 0 Å². The zero-order valence-corrected chi connectivity index (χ0v) is 7.08. The minimum atomic E-state index is -0.295. The van der Waals surface area contributed by atoms with Gasteiger partial charge in [-0.3, -0.25) is 9.59 Å². The molecule has 3 nitrogen and oxygen atoms in total. The molecule has 2 rings (SSSR count). The molecule has 0 N–H and O–H groups in total. The number of rotatable bonds is 0. The molecule has 0 radical (unpaired) electrons. The maximum absolute atomic E-state index is 11.2. The van der Waals surface area contributed by atoms with Crippen molar-refractivity contribution in [3.63, 3.8) is 0 Å². The molecule has 0 aromatic rings. The molecule has 66 valence electrons. The van der Waals surface area contributed by atoms with Crippen LogP contribution in [0.4, 0.5) is 0 Å². The summed E-state index contributed by atoms with van der Waals surface area (Å²) >= 11 is 0. The van der Waals surface area contributed by atoms with E-state index in [1.165, 1.54) is 0 Å². The summed E-state index contributed by atoms with van der Waals surface area (Å²) in [6.07, 6.45) is 2.92. The average molecular weight is 168 g/mol. The van der Waals surface area contributed by atoms with Crippen molar-refractivity contribution in [1.82, 2.24) is 0 Å². The summed E-state index contributed by atoms with van der Waals surface area (Å²) in [7, 11) is 0. The summed E-state index contributed by atoms with van der Waals surface area (Å²) in [6, 6.07) is 0. The van der Waals surface area contributed by atoms with Crippen LogP contribution in [0.5, 0.6) is 0 Å². The largest absolute Gasteiger partial charge is 0.393 e. The van der Waals surface area contributed by atoms with Gasteiger partial charge in [0.2, 0.25) is 0 Å². The van der Waals surface area contributed by atoms with Crippen molar-refractivity contribution in [2.45, 2.75) is 26.2 Å². The predicted octanol–water partition coefficient (Wildman–Crippen LogP) is 1.12. The molecule has 1 saturated heterocycles. The summed E-state index contributed by atoms with van der Waals surface area (Å²) in [6.45, 7) is 2.02. The van der Waals surface area contributed by atoms with Crippen LogP contribution in [0.15, 0.2) is 0 Å². The van der Waals surface area contributed by atoms with E-state index in [9.17, 15) is 9.59 Å². The summed E-state index contributed by atoms with van der Waals surface area (Å²) in [4.78, 5) is 22.3. The number of hydrogen-bond donors (Lipinski definition) is 0. The molecule has 0 amide bonds. The summed E-state index contributed by atoms with van der Waals surface area (Å²) in [5.74, 6) is -0.524. The lowest BCUT2D eigenvalue weighted by Crippen LogP contribution is -2.28. The Hall–Kier alpha value is -0.860. The molecular formula is C9H12O3. The van der Waals surface area contributed by atoms with E-state index in [1.54, 1.807) is 0 Å². The van der Waals surface area contributed by atoms with Gasteiger partial charge in [0.1, 0.15) is 0 Å². The molecule has 1 saturated carbocycles. The van der Waals surface area contributed by atoms with Crippen LogP contribution in [0.1, 0.15) is 26.2 Å². The lowest BCUT2D eigenvalue weighted by Gasteiger charge is -2.25. The number of esters is 2. The third-order valence-electron chi connectivity index (χ3n) is 3.00. The molecular weight excluding hydrogens is 156 g/mol. The molecule has 1 heterocycles. The monoisotopic (exact) mass is 168 g/mol. The molecule has 0 unspecified atom stereocenters. The highest BCUT2D eigenvalue weighted by Gasteiger charge is 2.48. The van der Waals surface area contributed by atoms with Crippen LogP contribution in [-0.2, 0) is 14.3 Å². The third kappa shape index (κ3) is 0.958. The maximum atomic E-state index is 11.2. The summed E-state index contributed by atoms with van der Waals surface area (Å²) < 4.78 is 4.60.